The normalized spacial score (nSPS) is 10.8. The van der Waals surface area contributed by atoms with Gasteiger partial charge in [0, 0.05) is 5.82 Å². The summed E-state index contributed by atoms with van der Waals surface area (Å²) in [6.07, 6.45) is 11.0. The third-order valence-corrected chi connectivity index (χ3v) is 3.88. The molecular weight excluding hydrogens is 481 g/mol. The maximum atomic E-state index is 11.9. The van der Waals surface area contributed by atoms with Crippen LogP contribution in [0.2, 0.25) is 0 Å². The van der Waals surface area contributed by atoms with E-state index in [9.17, 15) is 4.39 Å². The van der Waals surface area contributed by atoms with E-state index in [4.69, 9.17) is 0 Å². The fraction of sp³-hybridized carbons (Fsp3) is 0.0800. The standard InChI is InChI=1S/C13H9.C6H4F.C5H5.CH2.2ClH.Zr/c1-3-7-12-10(5-1)9-11-6-2-4-8-13(11)12;7-6-4-2-1-3-5-6;1-2-4-5-3-1;;;;/h1-5,7-8H,9H2;2-5H;1-3H,4H2;1H2;2*1H;/q3*-1;;;;. The molecule has 0 saturated heterocycles. The van der Waals surface area contributed by atoms with E-state index < -0.39 is 0 Å². The SMILES string of the molecule is Cl.Cl.Fc1cc[c-]cc1.[C-]1=CC=CC1.[CH2]=[Zr].[c-]1cccc2c1Cc1ccccc1-2. The maximum absolute atomic E-state index is 11.9. The molecule has 0 atom stereocenters. The molecule has 0 spiro atoms. The molecular formula is C25H22Cl2FZr-3. The van der Waals surface area contributed by atoms with Crippen molar-refractivity contribution in [2.75, 3.05) is 0 Å². The summed E-state index contributed by atoms with van der Waals surface area (Å²) in [6, 6.07) is 26.6. The number of benzene rings is 3. The van der Waals surface area contributed by atoms with E-state index in [0.29, 0.717) is 0 Å². The van der Waals surface area contributed by atoms with Crippen LogP contribution >= 0.6 is 24.8 Å². The molecule has 0 saturated carbocycles. The number of rotatable bonds is 0. The first-order chi connectivity index (χ1) is 13.3. The van der Waals surface area contributed by atoms with Gasteiger partial charge in [-0.2, -0.15) is 54.1 Å². The molecule has 0 bridgehead atoms. The van der Waals surface area contributed by atoms with Crippen molar-refractivity contribution < 1.29 is 28.6 Å². The molecule has 29 heavy (non-hydrogen) atoms. The maximum Gasteiger partial charge on any atom is -0.0253 e. The smallest absolute Gasteiger partial charge is 0.0253 e. The predicted molar refractivity (Wildman–Crippen MR) is 122 cm³/mol. The molecule has 2 aliphatic rings. The molecule has 0 amide bonds. The summed E-state index contributed by atoms with van der Waals surface area (Å²) >= 11 is 1.30. The molecule has 0 aliphatic heterocycles. The zero-order valence-electron chi connectivity index (χ0n) is 15.9. The van der Waals surface area contributed by atoms with Gasteiger partial charge in [-0.25, -0.2) is 16.5 Å². The molecule has 0 aromatic heterocycles. The van der Waals surface area contributed by atoms with Crippen LogP contribution in [0, 0.1) is 24.0 Å². The molecule has 3 aromatic rings. The largest absolute Gasteiger partial charge is 0.179 e. The molecule has 150 valence electrons. The van der Waals surface area contributed by atoms with E-state index in [-0.39, 0.29) is 30.6 Å². The Balaban J connectivity index is 0.000000420. The molecule has 4 heteroatoms. The molecule has 5 rings (SSSR count). The first-order valence-corrected chi connectivity index (χ1v) is 10.3. The summed E-state index contributed by atoms with van der Waals surface area (Å²) in [7, 11) is 0. The van der Waals surface area contributed by atoms with Crippen molar-refractivity contribution in [1.29, 1.82) is 0 Å². The summed E-state index contributed by atoms with van der Waals surface area (Å²) in [5.74, 6) is -0.209. The Bertz CT molecular complexity index is 839. The monoisotopic (exact) mass is 501 g/mol. The average Bonchev–Trinajstić information content (AvgIpc) is 3.42. The topological polar surface area (TPSA) is 0 Å². The van der Waals surface area contributed by atoms with Gasteiger partial charge < -0.3 is 0 Å². The quantitative estimate of drug-likeness (QED) is 0.232. The Labute approximate surface area is 200 Å². The van der Waals surface area contributed by atoms with Gasteiger partial charge in [-0.15, -0.1) is 48.9 Å². The van der Waals surface area contributed by atoms with Crippen molar-refractivity contribution in [3.63, 3.8) is 0 Å². The number of hydrogen-bond acceptors (Lipinski definition) is 0. The molecule has 0 unspecified atom stereocenters. The fourth-order valence-electron chi connectivity index (χ4n) is 2.70. The van der Waals surface area contributed by atoms with Gasteiger partial charge in [-0.3, -0.25) is 6.08 Å². The molecule has 0 heterocycles. The minimum Gasteiger partial charge on any atom is -0.179 e. The summed E-state index contributed by atoms with van der Waals surface area (Å²) < 4.78 is 15.2. The molecule has 0 nitrogen and oxygen atoms in total. The van der Waals surface area contributed by atoms with Gasteiger partial charge in [0.2, 0.25) is 0 Å². The van der Waals surface area contributed by atoms with Crippen LogP contribution in [-0.2, 0) is 30.7 Å². The van der Waals surface area contributed by atoms with Crippen LogP contribution in [0.5, 0.6) is 0 Å². The summed E-state index contributed by atoms with van der Waals surface area (Å²) in [6.45, 7) is 0. The van der Waals surface area contributed by atoms with Crippen LogP contribution in [-0.4, -0.2) is 4.21 Å². The van der Waals surface area contributed by atoms with Gasteiger partial charge >= 0.3 is 28.4 Å². The van der Waals surface area contributed by atoms with Crippen LogP contribution in [0.25, 0.3) is 11.1 Å². The first-order valence-electron chi connectivity index (χ1n) is 8.61. The van der Waals surface area contributed by atoms with E-state index in [0.717, 1.165) is 12.8 Å². The van der Waals surface area contributed by atoms with Crippen molar-refractivity contribution in [2.24, 2.45) is 0 Å². The van der Waals surface area contributed by atoms with Gasteiger partial charge in [0.15, 0.2) is 0 Å². The summed E-state index contributed by atoms with van der Waals surface area (Å²) in [5.41, 5.74) is 5.51. The zero-order chi connectivity index (χ0) is 19.3. The van der Waals surface area contributed by atoms with Crippen LogP contribution in [0.15, 0.2) is 85.0 Å². The Kier molecular flexibility index (Phi) is 15.3. The second-order valence-electron chi connectivity index (χ2n) is 5.62. The molecule has 0 radical (unpaired) electrons. The van der Waals surface area contributed by atoms with E-state index in [1.54, 1.807) is 0 Å². The molecule has 0 fully saturated rings. The van der Waals surface area contributed by atoms with Gasteiger partial charge in [0.25, 0.3) is 0 Å². The zero-order valence-corrected chi connectivity index (χ0v) is 20.0. The van der Waals surface area contributed by atoms with E-state index >= 15 is 0 Å². The third kappa shape index (κ3) is 9.17. The summed E-state index contributed by atoms with van der Waals surface area (Å²) in [4.78, 5) is 0. The average molecular weight is 504 g/mol. The van der Waals surface area contributed by atoms with Crippen LogP contribution in [0.4, 0.5) is 4.39 Å². The van der Waals surface area contributed by atoms with E-state index in [1.807, 2.05) is 18.2 Å². The van der Waals surface area contributed by atoms with Crippen LogP contribution < -0.4 is 0 Å². The Hall–Kier alpha value is -1.60. The Morgan fingerprint density at radius 3 is 2.10 bits per heavy atom. The van der Waals surface area contributed by atoms with Crippen LogP contribution in [0.1, 0.15) is 17.5 Å². The Morgan fingerprint density at radius 2 is 1.55 bits per heavy atom. The van der Waals surface area contributed by atoms with E-state index in [2.05, 4.69) is 64.9 Å². The van der Waals surface area contributed by atoms with Crippen molar-refractivity contribution in [1.82, 2.24) is 0 Å². The predicted octanol–water partition coefficient (Wildman–Crippen LogP) is 6.80. The van der Waals surface area contributed by atoms with Crippen molar-refractivity contribution in [3.05, 3.63) is 120 Å². The van der Waals surface area contributed by atoms with Gasteiger partial charge in [-0.05, 0) is 6.42 Å². The number of hydrogen-bond donors (Lipinski definition) is 0. The molecule has 0 N–H and O–H groups in total. The number of halogens is 3. The summed E-state index contributed by atoms with van der Waals surface area (Å²) in [5, 5.41) is 0. The molecule has 3 aromatic carbocycles. The van der Waals surface area contributed by atoms with Gasteiger partial charge in [0.05, 0.1) is 0 Å². The van der Waals surface area contributed by atoms with E-state index in [1.165, 1.54) is 70.8 Å². The van der Waals surface area contributed by atoms with Crippen molar-refractivity contribution >= 4 is 29.0 Å². The second-order valence-corrected chi connectivity index (χ2v) is 5.62. The Morgan fingerprint density at radius 1 is 0.862 bits per heavy atom. The minimum atomic E-state index is -0.209. The van der Waals surface area contributed by atoms with Gasteiger partial charge in [-0.1, -0.05) is 35.4 Å². The first kappa shape index (κ1) is 27.4. The number of fused-ring (bicyclic) bond motifs is 3. The molecule has 2 aliphatic carbocycles. The van der Waals surface area contributed by atoms with Crippen molar-refractivity contribution in [2.45, 2.75) is 12.8 Å². The fourth-order valence-corrected chi connectivity index (χ4v) is 2.70. The van der Waals surface area contributed by atoms with Gasteiger partial charge in [0.1, 0.15) is 0 Å². The second kappa shape index (κ2) is 16.2. The minimum absolute atomic E-state index is 0. The third-order valence-electron chi connectivity index (χ3n) is 3.88. The van der Waals surface area contributed by atoms with Crippen LogP contribution in [0.3, 0.4) is 0 Å². The number of allylic oxidation sites excluding steroid dienone is 4. The van der Waals surface area contributed by atoms with Crippen molar-refractivity contribution in [3.8, 4) is 11.1 Å².